The first-order valence-electron chi connectivity index (χ1n) is 7.63. The number of nitrogens with two attached hydrogens (primary N) is 1. The SMILES string of the molecule is Nc1cccc2c1nc(C1CCCCC1)n2CCC(=O)O. The zero-order chi connectivity index (χ0) is 14.8. The lowest BCUT2D eigenvalue weighted by Crippen LogP contribution is -2.14. The molecule has 0 spiro atoms. The Labute approximate surface area is 123 Å². The van der Waals surface area contributed by atoms with Crippen LogP contribution < -0.4 is 5.73 Å². The lowest BCUT2D eigenvalue weighted by Gasteiger charge is -2.22. The van der Waals surface area contributed by atoms with Gasteiger partial charge in [-0.2, -0.15) is 0 Å². The van der Waals surface area contributed by atoms with Crippen molar-refractivity contribution < 1.29 is 9.90 Å². The third-order valence-corrected chi connectivity index (χ3v) is 4.36. The van der Waals surface area contributed by atoms with Crippen molar-refractivity contribution in [3.8, 4) is 0 Å². The predicted molar refractivity (Wildman–Crippen MR) is 82.2 cm³/mol. The van der Waals surface area contributed by atoms with Crippen molar-refractivity contribution in [3.05, 3.63) is 24.0 Å². The second-order valence-electron chi connectivity index (χ2n) is 5.82. The zero-order valence-electron chi connectivity index (χ0n) is 12.1. The third-order valence-electron chi connectivity index (χ3n) is 4.36. The van der Waals surface area contributed by atoms with E-state index in [0.29, 0.717) is 18.2 Å². The van der Waals surface area contributed by atoms with Crippen molar-refractivity contribution in [1.82, 2.24) is 9.55 Å². The monoisotopic (exact) mass is 287 g/mol. The average Bonchev–Trinajstić information content (AvgIpc) is 2.86. The van der Waals surface area contributed by atoms with Crippen LogP contribution in [-0.2, 0) is 11.3 Å². The van der Waals surface area contributed by atoms with E-state index in [-0.39, 0.29) is 6.42 Å². The number of nitrogens with zero attached hydrogens (tertiary/aromatic N) is 2. The fourth-order valence-corrected chi connectivity index (χ4v) is 3.30. The van der Waals surface area contributed by atoms with Gasteiger partial charge in [0.2, 0.25) is 0 Å². The van der Waals surface area contributed by atoms with Crippen molar-refractivity contribution in [2.45, 2.75) is 51.0 Å². The number of imidazole rings is 1. The molecule has 0 atom stereocenters. The molecular formula is C16H21N3O2. The highest BCUT2D eigenvalue weighted by atomic mass is 16.4. The molecule has 1 aliphatic carbocycles. The van der Waals surface area contributed by atoms with Gasteiger partial charge in [0, 0.05) is 12.5 Å². The van der Waals surface area contributed by atoms with Gasteiger partial charge in [0.05, 0.1) is 17.6 Å². The molecule has 112 valence electrons. The molecule has 5 heteroatoms. The second kappa shape index (κ2) is 5.76. The first-order valence-corrected chi connectivity index (χ1v) is 7.63. The second-order valence-corrected chi connectivity index (χ2v) is 5.82. The highest BCUT2D eigenvalue weighted by molar-refractivity contribution is 5.87. The van der Waals surface area contributed by atoms with Crippen molar-refractivity contribution in [2.75, 3.05) is 5.73 Å². The predicted octanol–water partition coefficient (Wildman–Crippen LogP) is 3.14. The van der Waals surface area contributed by atoms with E-state index in [1.54, 1.807) is 0 Å². The molecule has 0 radical (unpaired) electrons. The number of aryl methyl sites for hydroxylation is 1. The standard InChI is InChI=1S/C16H21N3O2/c17-12-7-4-8-13-15(12)18-16(11-5-2-1-3-6-11)19(13)10-9-14(20)21/h4,7-8,11H,1-3,5-6,9-10,17H2,(H,20,21). The minimum atomic E-state index is -0.782. The largest absolute Gasteiger partial charge is 0.481 e. The summed E-state index contributed by atoms with van der Waals surface area (Å²) in [5, 5.41) is 8.98. The van der Waals surface area contributed by atoms with Gasteiger partial charge in [-0.05, 0) is 25.0 Å². The van der Waals surface area contributed by atoms with E-state index in [9.17, 15) is 4.79 Å². The molecule has 21 heavy (non-hydrogen) atoms. The van der Waals surface area contributed by atoms with Crippen molar-refractivity contribution in [3.63, 3.8) is 0 Å². The van der Waals surface area contributed by atoms with Crippen molar-refractivity contribution in [1.29, 1.82) is 0 Å². The van der Waals surface area contributed by atoms with Gasteiger partial charge in [-0.1, -0.05) is 25.3 Å². The van der Waals surface area contributed by atoms with Crippen LogP contribution in [0.15, 0.2) is 18.2 Å². The van der Waals surface area contributed by atoms with E-state index in [2.05, 4.69) is 4.57 Å². The Morgan fingerprint density at radius 2 is 2.10 bits per heavy atom. The molecule has 1 saturated carbocycles. The summed E-state index contributed by atoms with van der Waals surface area (Å²) in [5.74, 6) is 0.665. The van der Waals surface area contributed by atoms with Gasteiger partial charge in [0.25, 0.3) is 0 Å². The van der Waals surface area contributed by atoms with Crippen LogP contribution in [0.2, 0.25) is 0 Å². The normalized spacial score (nSPS) is 16.4. The number of fused-ring (bicyclic) bond motifs is 1. The van der Waals surface area contributed by atoms with Crippen molar-refractivity contribution in [2.24, 2.45) is 0 Å². The molecular weight excluding hydrogens is 266 g/mol. The van der Waals surface area contributed by atoms with E-state index in [1.807, 2.05) is 18.2 Å². The van der Waals surface area contributed by atoms with Crippen LogP contribution in [0.25, 0.3) is 11.0 Å². The van der Waals surface area contributed by atoms with Crippen LogP contribution in [0, 0.1) is 0 Å². The lowest BCUT2D eigenvalue weighted by molar-refractivity contribution is -0.137. The molecule has 1 aromatic heterocycles. The Morgan fingerprint density at radius 3 is 2.81 bits per heavy atom. The molecule has 2 aromatic rings. The van der Waals surface area contributed by atoms with Crippen LogP contribution in [-0.4, -0.2) is 20.6 Å². The van der Waals surface area contributed by atoms with Crippen LogP contribution in [0.1, 0.15) is 50.3 Å². The Hall–Kier alpha value is -2.04. The summed E-state index contributed by atoms with van der Waals surface area (Å²) in [4.78, 5) is 15.7. The Morgan fingerprint density at radius 1 is 1.33 bits per heavy atom. The molecule has 3 rings (SSSR count). The summed E-state index contributed by atoms with van der Waals surface area (Å²) in [7, 11) is 0. The third kappa shape index (κ3) is 2.73. The number of para-hydroxylation sites is 1. The van der Waals surface area contributed by atoms with Gasteiger partial charge < -0.3 is 15.4 Å². The Kier molecular flexibility index (Phi) is 3.82. The van der Waals surface area contributed by atoms with E-state index >= 15 is 0 Å². The lowest BCUT2D eigenvalue weighted by atomic mass is 9.88. The highest BCUT2D eigenvalue weighted by Crippen LogP contribution is 2.35. The molecule has 1 fully saturated rings. The molecule has 0 unspecified atom stereocenters. The van der Waals surface area contributed by atoms with Gasteiger partial charge in [0.1, 0.15) is 11.3 Å². The van der Waals surface area contributed by atoms with Gasteiger partial charge in [-0.25, -0.2) is 4.98 Å². The number of aromatic nitrogens is 2. The van der Waals surface area contributed by atoms with E-state index in [1.165, 1.54) is 19.3 Å². The maximum atomic E-state index is 10.9. The summed E-state index contributed by atoms with van der Waals surface area (Å²) >= 11 is 0. The smallest absolute Gasteiger partial charge is 0.305 e. The number of rotatable bonds is 4. The Bertz CT molecular complexity index is 657. The molecule has 3 N–H and O–H groups in total. The Balaban J connectivity index is 2.05. The maximum Gasteiger partial charge on any atom is 0.305 e. The molecule has 1 aliphatic rings. The van der Waals surface area contributed by atoms with Gasteiger partial charge in [0.15, 0.2) is 0 Å². The number of benzene rings is 1. The summed E-state index contributed by atoms with van der Waals surface area (Å²) in [6.45, 7) is 0.459. The highest BCUT2D eigenvalue weighted by Gasteiger charge is 2.23. The molecule has 0 amide bonds. The fraction of sp³-hybridized carbons (Fsp3) is 0.500. The van der Waals surface area contributed by atoms with Gasteiger partial charge >= 0.3 is 5.97 Å². The summed E-state index contributed by atoms with van der Waals surface area (Å²) in [5.41, 5.74) is 8.46. The molecule has 0 bridgehead atoms. The molecule has 0 aliphatic heterocycles. The first kappa shape index (κ1) is 13.9. The van der Waals surface area contributed by atoms with E-state index in [4.69, 9.17) is 15.8 Å². The zero-order valence-corrected chi connectivity index (χ0v) is 12.1. The summed E-state index contributed by atoms with van der Waals surface area (Å²) < 4.78 is 2.07. The maximum absolute atomic E-state index is 10.9. The van der Waals surface area contributed by atoms with Crippen LogP contribution >= 0.6 is 0 Å². The number of hydrogen-bond donors (Lipinski definition) is 2. The molecule has 5 nitrogen and oxygen atoms in total. The number of carboxylic acid groups (broad SMARTS) is 1. The van der Waals surface area contributed by atoms with Crippen LogP contribution in [0.5, 0.6) is 0 Å². The fourth-order valence-electron chi connectivity index (χ4n) is 3.30. The van der Waals surface area contributed by atoms with E-state index < -0.39 is 5.97 Å². The summed E-state index contributed by atoms with van der Waals surface area (Å²) in [6, 6.07) is 5.73. The summed E-state index contributed by atoms with van der Waals surface area (Å²) in [6.07, 6.45) is 6.12. The van der Waals surface area contributed by atoms with Gasteiger partial charge in [-0.3, -0.25) is 4.79 Å². The van der Waals surface area contributed by atoms with Crippen molar-refractivity contribution >= 4 is 22.7 Å². The molecule has 0 saturated heterocycles. The number of carbonyl (C=O) groups is 1. The first-order chi connectivity index (χ1) is 10.2. The van der Waals surface area contributed by atoms with Crippen LogP contribution in [0.4, 0.5) is 5.69 Å². The average molecular weight is 287 g/mol. The van der Waals surface area contributed by atoms with E-state index in [0.717, 1.165) is 29.7 Å². The number of hydrogen-bond acceptors (Lipinski definition) is 3. The number of nitrogen functional groups attached to an aromatic ring is 1. The van der Waals surface area contributed by atoms with Gasteiger partial charge in [-0.15, -0.1) is 0 Å². The number of anilines is 1. The number of aliphatic carboxylic acids is 1. The molecule has 1 heterocycles. The minimum Gasteiger partial charge on any atom is -0.481 e. The molecule has 1 aromatic carbocycles. The number of carboxylic acids is 1. The quantitative estimate of drug-likeness (QED) is 0.846. The topological polar surface area (TPSA) is 81.1 Å². The van der Waals surface area contributed by atoms with Crippen LogP contribution in [0.3, 0.4) is 0 Å². The minimum absolute atomic E-state index is 0.111.